The minimum absolute atomic E-state index is 0.0622. The highest BCUT2D eigenvalue weighted by molar-refractivity contribution is 6.00. The van der Waals surface area contributed by atoms with Gasteiger partial charge in [0, 0.05) is 18.5 Å². The molecule has 2 heterocycles. The fourth-order valence-electron chi connectivity index (χ4n) is 5.00. The van der Waals surface area contributed by atoms with Crippen LogP contribution in [0.3, 0.4) is 0 Å². The summed E-state index contributed by atoms with van der Waals surface area (Å²) >= 11 is 0. The molecule has 0 saturated carbocycles. The van der Waals surface area contributed by atoms with E-state index in [1.807, 2.05) is 44.7 Å². The van der Waals surface area contributed by atoms with E-state index in [2.05, 4.69) is 13.8 Å². The second kappa shape index (κ2) is 10.4. The molecule has 2 aliphatic rings. The summed E-state index contributed by atoms with van der Waals surface area (Å²) in [5.74, 6) is 0.178. The normalized spacial score (nSPS) is 24.1. The minimum Gasteiger partial charge on any atom is -0.489 e. The van der Waals surface area contributed by atoms with Gasteiger partial charge >= 0.3 is 12.1 Å². The number of benzene rings is 1. The summed E-state index contributed by atoms with van der Waals surface area (Å²) in [6.07, 6.45) is 2.90. The number of Topliss-reactive ketones (excluding diaryl/α,β-unsaturated/α-hetero) is 1. The second-order valence-corrected chi connectivity index (χ2v) is 10.9. The van der Waals surface area contributed by atoms with Crippen LogP contribution in [-0.4, -0.2) is 53.6 Å². The molecule has 1 amide bonds. The Bertz CT molecular complexity index is 920. The van der Waals surface area contributed by atoms with Gasteiger partial charge in [-0.25, -0.2) is 4.79 Å². The third kappa shape index (κ3) is 6.10. The lowest BCUT2D eigenvalue weighted by Crippen LogP contribution is -2.45. The van der Waals surface area contributed by atoms with Crippen molar-refractivity contribution >= 4 is 17.8 Å². The first kappa shape index (κ1) is 26.0. The van der Waals surface area contributed by atoms with Crippen LogP contribution in [0.5, 0.6) is 5.75 Å². The quantitative estimate of drug-likeness (QED) is 0.529. The number of esters is 1. The molecular formula is C27H39NO6. The molecule has 5 unspecified atom stereocenters. The van der Waals surface area contributed by atoms with Crippen molar-refractivity contribution in [3.05, 3.63) is 29.3 Å². The molecule has 3 rings (SSSR count). The van der Waals surface area contributed by atoms with Crippen LogP contribution >= 0.6 is 0 Å². The Kier molecular flexibility index (Phi) is 7.94. The molecular weight excluding hydrogens is 434 g/mol. The molecule has 2 aliphatic heterocycles. The number of methoxy groups -OCH3 is 1. The predicted molar refractivity (Wildman–Crippen MR) is 129 cm³/mol. The second-order valence-electron chi connectivity index (χ2n) is 10.9. The van der Waals surface area contributed by atoms with E-state index in [1.54, 1.807) is 6.07 Å². The predicted octanol–water partition coefficient (Wildman–Crippen LogP) is 5.19. The number of likely N-dealkylation sites (tertiary alicyclic amines) is 1. The van der Waals surface area contributed by atoms with Gasteiger partial charge in [-0.1, -0.05) is 19.9 Å². The van der Waals surface area contributed by atoms with Gasteiger partial charge in [-0.15, -0.1) is 0 Å². The van der Waals surface area contributed by atoms with E-state index in [4.69, 9.17) is 14.2 Å². The first-order chi connectivity index (χ1) is 15.9. The van der Waals surface area contributed by atoms with Crippen LogP contribution in [0.4, 0.5) is 4.79 Å². The molecule has 1 aromatic carbocycles. The van der Waals surface area contributed by atoms with Crippen molar-refractivity contribution in [1.29, 1.82) is 0 Å². The Morgan fingerprint density at radius 2 is 1.91 bits per heavy atom. The number of hydrogen-bond acceptors (Lipinski definition) is 6. The monoisotopic (exact) mass is 473 g/mol. The number of rotatable bonds is 6. The first-order valence-electron chi connectivity index (χ1n) is 12.3. The van der Waals surface area contributed by atoms with Crippen molar-refractivity contribution in [2.24, 2.45) is 11.8 Å². The lowest BCUT2D eigenvalue weighted by molar-refractivity contribution is -0.144. The molecule has 7 heteroatoms. The zero-order valence-electron chi connectivity index (χ0n) is 21.6. The standard InChI is InChI=1S/C27H39NO6/c1-16(13-20-10-8-18(3)28(20)26(31)34-27(4,5)6)23-15-22(29)21-11-9-19(14-24(21)33-23)12-17(2)25(30)32-7/h9,11,14,16-18,20,23H,8,10,12-13,15H2,1-7H3. The maximum absolute atomic E-state index is 12.9. The Balaban J connectivity index is 1.69. The van der Waals surface area contributed by atoms with Crippen molar-refractivity contribution in [3.63, 3.8) is 0 Å². The number of hydrogen-bond donors (Lipinski definition) is 0. The molecule has 7 nitrogen and oxygen atoms in total. The molecule has 0 aliphatic carbocycles. The van der Waals surface area contributed by atoms with Gasteiger partial charge in [0.25, 0.3) is 0 Å². The number of nitrogens with zero attached hydrogens (tertiary/aromatic N) is 1. The average Bonchev–Trinajstić information content (AvgIpc) is 3.11. The third-order valence-corrected chi connectivity index (χ3v) is 6.83. The molecule has 5 atom stereocenters. The topological polar surface area (TPSA) is 82.1 Å². The summed E-state index contributed by atoms with van der Waals surface area (Å²) in [6, 6.07) is 5.73. The van der Waals surface area contributed by atoms with Gasteiger partial charge in [0.1, 0.15) is 17.5 Å². The lowest BCUT2D eigenvalue weighted by Gasteiger charge is -2.35. The van der Waals surface area contributed by atoms with E-state index < -0.39 is 5.60 Å². The first-order valence-corrected chi connectivity index (χ1v) is 12.3. The minimum atomic E-state index is -0.540. The Morgan fingerprint density at radius 1 is 1.21 bits per heavy atom. The van der Waals surface area contributed by atoms with Crippen LogP contribution < -0.4 is 4.74 Å². The molecule has 0 N–H and O–H groups in total. The van der Waals surface area contributed by atoms with Crippen LogP contribution in [0.25, 0.3) is 0 Å². The van der Waals surface area contributed by atoms with Gasteiger partial charge in [-0.2, -0.15) is 0 Å². The molecule has 0 aromatic heterocycles. The van der Waals surface area contributed by atoms with Crippen molar-refractivity contribution < 1.29 is 28.6 Å². The Labute approximate surface area is 203 Å². The van der Waals surface area contributed by atoms with E-state index in [0.29, 0.717) is 24.2 Å². The highest BCUT2D eigenvalue weighted by Gasteiger charge is 2.40. The van der Waals surface area contributed by atoms with Gasteiger partial charge in [0.05, 0.1) is 18.6 Å². The number of carbonyl (C=O) groups is 3. The fourth-order valence-corrected chi connectivity index (χ4v) is 5.00. The van der Waals surface area contributed by atoms with Gasteiger partial charge in [-0.3, -0.25) is 9.59 Å². The Morgan fingerprint density at radius 3 is 2.56 bits per heavy atom. The largest absolute Gasteiger partial charge is 0.489 e. The SMILES string of the molecule is COC(=O)C(C)Cc1ccc2c(c1)OC(C(C)CC1CCC(C)N1C(=O)OC(C)(C)C)CC2=O. The molecule has 34 heavy (non-hydrogen) atoms. The van der Waals surface area contributed by atoms with Crippen molar-refractivity contribution in [1.82, 2.24) is 4.90 Å². The van der Waals surface area contributed by atoms with Gasteiger partial charge in [0.15, 0.2) is 5.78 Å². The smallest absolute Gasteiger partial charge is 0.410 e. The van der Waals surface area contributed by atoms with Crippen molar-refractivity contribution in [3.8, 4) is 5.75 Å². The van der Waals surface area contributed by atoms with Crippen molar-refractivity contribution in [2.75, 3.05) is 7.11 Å². The lowest BCUT2D eigenvalue weighted by atomic mass is 9.88. The third-order valence-electron chi connectivity index (χ3n) is 6.83. The van der Waals surface area contributed by atoms with Gasteiger partial charge < -0.3 is 19.1 Å². The summed E-state index contributed by atoms with van der Waals surface area (Å²) in [4.78, 5) is 39.4. The van der Waals surface area contributed by atoms with E-state index in [0.717, 1.165) is 24.8 Å². The number of fused-ring (bicyclic) bond motifs is 1. The highest BCUT2D eigenvalue weighted by atomic mass is 16.6. The Hall–Kier alpha value is -2.57. The molecule has 1 fully saturated rings. The zero-order valence-corrected chi connectivity index (χ0v) is 21.6. The highest BCUT2D eigenvalue weighted by Crippen LogP contribution is 2.36. The summed E-state index contributed by atoms with van der Waals surface area (Å²) in [6.45, 7) is 11.6. The average molecular weight is 474 g/mol. The maximum Gasteiger partial charge on any atom is 0.410 e. The van der Waals surface area contributed by atoms with Crippen LogP contribution in [-0.2, 0) is 20.7 Å². The summed E-state index contributed by atoms with van der Waals surface area (Å²) < 4.78 is 16.8. The number of ether oxygens (including phenoxy) is 3. The summed E-state index contributed by atoms with van der Waals surface area (Å²) in [5.41, 5.74) is 0.975. The number of ketones is 1. The zero-order chi connectivity index (χ0) is 25.2. The fraction of sp³-hybridized carbons (Fsp3) is 0.667. The van der Waals surface area contributed by atoms with E-state index in [-0.39, 0.29) is 47.9 Å². The van der Waals surface area contributed by atoms with Crippen LogP contribution in [0, 0.1) is 11.8 Å². The number of carbonyl (C=O) groups excluding carboxylic acids is 3. The molecule has 0 radical (unpaired) electrons. The van der Waals surface area contributed by atoms with Gasteiger partial charge in [0.2, 0.25) is 0 Å². The van der Waals surface area contributed by atoms with Crippen LogP contribution in [0.1, 0.15) is 83.1 Å². The molecule has 1 aromatic rings. The van der Waals surface area contributed by atoms with Crippen LogP contribution in [0.2, 0.25) is 0 Å². The molecule has 188 valence electrons. The maximum atomic E-state index is 12.9. The molecule has 1 saturated heterocycles. The van der Waals surface area contributed by atoms with E-state index in [1.165, 1.54) is 7.11 Å². The summed E-state index contributed by atoms with van der Waals surface area (Å²) in [5, 5.41) is 0. The molecule has 0 spiro atoms. The van der Waals surface area contributed by atoms with Crippen molar-refractivity contribution in [2.45, 2.75) is 97.4 Å². The summed E-state index contributed by atoms with van der Waals surface area (Å²) in [7, 11) is 1.38. The van der Waals surface area contributed by atoms with E-state index in [9.17, 15) is 14.4 Å². The molecule has 0 bridgehead atoms. The number of amides is 1. The van der Waals surface area contributed by atoms with Gasteiger partial charge in [-0.05, 0) is 77.0 Å². The van der Waals surface area contributed by atoms with Crippen LogP contribution in [0.15, 0.2) is 18.2 Å². The van der Waals surface area contributed by atoms with E-state index >= 15 is 0 Å².